The van der Waals surface area contributed by atoms with Crippen molar-refractivity contribution in [1.29, 1.82) is 0 Å². The number of hydrogen-bond acceptors (Lipinski definition) is 2. The maximum Gasteiger partial charge on any atom is 0.0676 e. The highest BCUT2D eigenvalue weighted by Gasteiger charge is 2.36. The van der Waals surface area contributed by atoms with Gasteiger partial charge in [0, 0.05) is 0 Å². The van der Waals surface area contributed by atoms with Crippen molar-refractivity contribution < 1.29 is 10.2 Å². The molecule has 2 saturated carbocycles. The Morgan fingerprint density at radius 2 is 1.28 bits per heavy atom. The van der Waals surface area contributed by atoms with Crippen LogP contribution in [-0.4, -0.2) is 21.9 Å². The van der Waals surface area contributed by atoms with Gasteiger partial charge in [-0.15, -0.1) is 0 Å². The van der Waals surface area contributed by atoms with Crippen LogP contribution in [0, 0.1) is 5.92 Å². The molecular weight excluding hydrogens is 224 g/mol. The van der Waals surface area contributed by atoms with Crippen LogP contribution in [0.5, 0.6) is 0 Å². The second-order valence-corrected chi connectivity index (χ2v) is 6.58. The summed E-state index contributed by atoms with van der Waals surface area (Å²) in [7, 11) is 0. The van der Waals surface area contributed by atoms with E-state index in [4.69, 9.17) is 0 Å². The Kier molecular flexibility index (Phi) is 5.50. The molecule has 0 aromatic carbocycles. The normalized spacial score (nSPS) is 37.3. The largest absolute Gasteiger partial charge is 0.393 e. The first kappa shape index (κ1) is 14.3. The molecule has 2 unspecified atom stereocenters. The van der Waals surface area contributed by atoms with Gasteiger partial charge in [0.05, 0.1) is 11.7 Å². The number of aliphatic hydroxyl groups is 2. The SMILES string of the molecule is OC1CCCCC(O)(C2CCCCCCC2)CC1. The third-order valence-electron chi connectivity index (χ3n) is 5.17. The Bertz CT molecular complexity index is 233. The summed E-state index contributed by atoms with van der Waals surface area (Å²) in [5.41, 5.74) is -0.473. The topological polar surface area (TPSA) is 40.5 Å². The molecule has 2 atom stereocenters. The van der Waals surface area contributed by atoms with E-state index in [0.717, 1.165) is 38.5 Å². The van der Waals surface area contributed by atoms with Crippen LogP contribution in [0.15, 0.2) is 0 Å². The molecule has 0 radical (unpaired) electrons. The van der Waals surface area contributed by atoms with Crippen molar-refractivity contribution in [2.75, 3.05) is 0 Å². The number of hydrogen-bond donors (Lipinski definition) is 2. The molecule has 2 aliphatic carbocycles. The lowest BCUT2D eigenvalue weighted by atomic mass is 9.72. The van der Waals surface area contributed by atoms with E-state index < -0.39 is 5.60 Å². The van der Waals surface area contributed by atoms with Crippen LogP contribution in [0.2, 0.25) is 0 Å². The van der Waals surface area contributed by atoms with E-state index in [0.29, 0.717) is 5.92 Å². The molecule has 2 rings (SSSR count). The Balaban J connectivity index is 1.96. The molecule has 18 heavy (non-hydrogen) atoms. The maximum atomic E-state index is 11.0. The van der Waals surface area contributed by atoms with Crippen molar-refractivity contribution in [3.63, 3.8) is 0 Å². The molecule has 2 aliphatic rings. The van der Waals surface area contributed by atoms with Gasteiger partial charge in [-0.3, -0.25) is 0 Å². The Labute approximate surface area is 112 Å². The van der Waals surface area contributed by atoms with Crippen LogP contribution >= 0.6 is 0 Å². The molecule has 0 saturated heterocycles. The lowest BCUT2D eigenvalue weighted by Crippen LogP contribution is -2.40. The van der Waals surface area contributed by atoms with Gasteiger partial charge < -0.3 is 10.2 Å². The molecule has 2 N–H and O–H groups in total. The molecule has 2 nitrogen and oxygen atoms in total. The second kappa shape index (κ2) is 6.91. The van der Waals surface area contributed by atoms with Crippen molar-refractivity contribution >= 4 is 0 Å². The maximum absolute atomic E-state index is 11.0. The van der Waals surface area contributed by atoms with Gasteiger partial charge in [-0.2, -0.15) is 0 Å². The molecule has 0 amide bonds. The van der Waals surface area contributed by atoms with Gasteiger partial charge in [0.25, 0.3) is 0 Å². The first-order valence-corrected chi connectivity index (χ1v) is 8.11. The highest BCUT2D eigenvalue weighted by atomic mass is 16.3. The van der Waals surface area contributed by atoms with Crippen LogP contribution in [0.1, 0.15) is 83.5 Å². The summed E-state index contributed by atoms with van der Waals surface area (Å²) in [5, 5.41) is 20.9. The van der Waals surface area contributed by atoms with Gasteiger partial charge in [-0.25, -0.2) is 0 Å². The zero-order valence-corrected chi connectivity index (χ0v) is 11.7. The Morgan fingerprint density at radius 3 is 2.00 bits per heavy atom. The monoisotopic (exact) mass is 254 g/mol. The van der Waals surface area contributed by atoms with Crippen molar-refractivity contribution in [3.8, 4) is 0 Å². The summed E-state index contributed by atoms with van der Waals surface area (Å²) in [5.74, 6) is 0.489. The molecular formula is C16H30O2. The number of aliphatic hydroxyl groups excluding tert-OH is 1. The summed E-state index contributed by atoms with van der Waals surface area (Å²) in [6.45, 7) is 0. The molecule has 2 heteroatoms. The zero-order chi connectivity index (χ0) is 12.8. The Hall–Kier alpha value is -0.0800. The standard InChI is InChI=1S/C16H30O2/c17-15-10-6-7-12-16(18,13-11-15)14-8-4-2-1-3-5-9-14/h14-15,17-18H,1-13H2. The first-order chi connectivity index (χ1) is 8.71. The van der Waals surface area contributed by atoms with Gasteiger partial charge in [-0.1, -0.05) is 44.9 Å². The minimum atomic E-state index is -0.473. The third kappa shape index (κ3) is 3.96. The van der Waals surface area contributed by atoms with Crippen LogP contribution in [-0.2, 0) is 0 Å². The van der Waals surface area contributed by atoms with Gasteiger partial charge >= 0.3 is 0 Å². The molecule has 2 fully saturated rings. The fourth-order valence-corrected chi connectivity index (χ4v) is 3.90. The summed E-state index contributed by atoms with van der Waals surface area (Å²) in [6, 6.07) is 0. The predicted octanol–water partition coefficient (Wildman–Crippen LogP) is 3.79. The smallest absolute Gasteiger partial charge is 0.0676 e. The zero-order valence-electron chi connectivity index (χ0n) is 11.7. The molecule has 0 aliphatic heterocycles. The lowest BCUT2D eigenvalue weighted by molar-refractivity contribution is -0.0597. The van der Waals surface area contributed by atoms with Crippen molar-refractivity contribution in [2.24, 2.45) is 5.92 Å². The highest BCUT2D eigenvalue weighted by molar-refractivity contribution is 4.89. The average Bonchev–Trinajstić information content (AvgIpc) is 2.30. The van der Waals surface area contributed by atoms with Gasteiger partial charge in [0.1, 0.15) is 0 Å². The predicted molar refractivity (Wildman–Crippen MR) is 74.5 cm³/mol. The molecule has 0 bridgehead atoms. The quantitative estimate of drug-likeness (QED) is 0.747. The fourth-order valence-electron chi connectivity index (χ4n) is 3.90. The van der Waals surface area contributed by atoms with Gasteiger partial charge in [0.2, 0.25) is 0 Å². The second-order valence-electron chi connectivity index (χ2n) is 6.58. The van der Waals surface area contributed by atoms with Crippen LogP contribution in [0.25, 0.3) is 0 Å². The Morgan fingerprint density at radius 1 is 0.667 bits per heavy atom. The molecule has 0 aromatic rings. The van der Waals surface area contributed by atoms with Crippen molar-refractivity contribution in [2.45, 2.75) is 95.2 Å². The lowest BCUT2D eigenvalue weighted by Gasteiger charge is -2.39. The number of rotatable bonds is 1. The molecule has 0 heterocycles. The van der Waals surface area contributed by atoms with E-state index in [9.17, 15) is 10.2 Å². The summed E-state index contributed by atoms with van der Waals surface area (Å²) >= 11 is 0. The molecule has 0 spiro atoms. The van der Waals surface area contributed by atoms with E-state index in [1.54, 1.807) is 0 Å². The fraction of sp³-hybridized carbons (Fsp3) is 1.00. The van der Waals surface area contributed by atoms with Gasteiger partial charge in [0.15, 0.2) is 0 Å². The summed E-state index contributed by atoms with van der Waals surface area (Å²) < 4.78 is 0. The third-order valence-corrected chi connectivity index (χ3v) is 5.17. The molecule has 106 valence electrons. The van der Waals surface area contributed by atoms with E-state index in [-0.39, 0.29) is 6.10 Å². The molecule has 0 aromatic heterocycles. The minimum absolute atomic E-state index is 0.176. The average molecular weight is 254 g/mol. The van der Waals surface area contributed by atoms with E-state index in [1.807, 2.05) is 0 Å². The minimum Gasteiger partial charge on any atom is -0.393 e. The summed E-state index contributed by atoms with van der Waals surface area (Å²) in [6.07, 6.45) is 14.5. The van der Waals surface area contributed by atoms with E-state index >= 15 is 0 Å². The highest BCUT2D eigenvalue weighted by Crippen LogP contribution is 2.39. The first-order valence-electron chi connectivity index (χ1n) is 8.11. The van der Waals surface area contributed by atoms with E-state index in [1.165, 1.54) is 44.9 Å². The van der Waals surface area contributed by atoms with Crippen molar-refractivity contribution in [1.82, 2.24) is 0 Å². The van der Waals surface area contributed by atoms with Crippen LogP contribution < -0.4 is 0 Å². The van der Waals surface area contributed by atoms with Gasteiger partial charge in [-0.05, 0) is 44.4 Å². The van der Waals surface area contributed by atoms with E-state index in [2.05, 4.69) is 0 Å². The van der Waals surface area contributed by atoms with Crippen molar-refractivity contribution in [3.05, 3.63) is 0 Å². The van der Waals surface area contributed by atoms with Crippen LogP contribution in [0.3, 0.4) is 0 Å². The summed E-state index contributed by atoms with van der Waals surface area (Å²) in [4.78, 5) is 0. The van der Waals surface area contributed by atoms with Crippen LogP contribution in [0.4, 0.5) is 0 Å².